The molecule has 1 fully saturated rings. The van der Waals surface area contributed by atoms with E-state index in [0.717, 1.165) is 26.1 Å². The zero-order chi connectivity index (χ0) is 13.9. The quantitative estimate of drug-likeness (QED) is 0.811. The second-order valence-electron chi connectivity index (χ2n) is 5.06. The van der Waals surface area contributed by atoms with E-state index in [2.05, 4.69) is 5.32 Å². The van der Waals surface area contributed by atoms with Gasteiger partial charge in [-0.05, 0) is 24.8 Å². The van der Waals surface area contributed by atoms with Crippen LogP contribution in [0.3, 0.4) is 0 Å². The maximum absolute atomic E-state index is 12.2. The third kappa shape index (κ3) is 2.65. The number of carbonyl (C=O) groups excluding carboxylic acids is 1. The highest BCUT2D eigenvalue weighted by atomic mass is 16.7. The summed E-state index contributed by atoms with van der Waals surface area (Å²) in [5.41, 5.74) is 6.72. The van der Waals surface area contributed by atoms with Gasteiger partial charge in [0, 0.05) is 31.5 Å². The first kappa shape index (κ1) is 13.1. The highest BCUT2D eigenvalue weighted by Gasteiger charge is 2.21. The second-order valence-corrected chi connectivity index (χ2v) is 5.06. The molecule has 0 bridgehead atoms. The molecule has 0 unspecified atom stereocenters. The van der Waals surface area contributed by atoms with Crippen LogP contribution in [0.5, 0.6) is 11.5 Å². The van der Waals surface area contributed by atoms with Crippen molar-refractivity contribution in [1.82, 2.24) is 5.32 Å². The van der Waals surface area contributed by atoms with Crippen LogP contribution < -0.4 is 20.5 Å². The van der Waals surface area contributed by atoms with E-state index in [0.29, 0.717) is 35.2 Å². The Morgan fingerprint density at radius 3 is 2.70 bits per heavy atom. The molecule has 3 N–H and O–H groups in total. The lowest BCUT2D eigenvalue weighted by molar-refractivity contribution is 0.0643. The fraction of sp³-hybridized carbons (Fsp3) is 0.500. The maximum atomic E-state index is 12.2. The van der Waals surface area contributed by atoms with Crippen LogP contribution in [0.25, 0.3) is 0 Å². The first-order valence-electron chi connectivity index (χ1n) is 6.79. The topological polar surface area (TPSA) is 82.8 Å². The summed E-state index contributed by atoms with van der Waals surface area (Å²) in [5.74, 6) is 1.45. The molecule has 1 amide bonds. The number of amides is 1. The minimum atomic E-state index is -0.174. The molecule has 2 heterocycles. The molecule has 3 rings (SSSR count). The number of anilines is 1. The molecule has 1 saturated heterocycles. The predicted octanol–water partition coefficient (Wildman–Crippen LogP) is 1.15. The average molecular weight is 278 g/mol. The maximum Gasteiger partial charge on any atom is 0.253 e. The van der Waals surface area contributed by atoms with Gasteiger partial charge < -0.3 is 25.3 Å². The molecule has 2 aliphatic heterocycles. The van der Waals surface area contributed by atoms with E-state index in [4.69, 9.17) is 19.9 Å². The van der Waals surface area contributed by atoms with Crippen molar-refractivity contribution in [2.45, 2.75) is 12.8 Å². The van der Waals surface area contributed by atoms with E-state index < -0.39 is 0 Å². The Morgan fingerprint density at radius 1 is 1.25 bits per heavy atom. The molecule has 1 aromatic rings. The summed E-state index contributed by atoms with van der Waals surface area (Å²) in [7, 11) is 0. The lowest BCUT2D eigenvalue weighted by Gasteiger charge is -2.22. The Morgan fingerprint density at radius 2 is 1.95 bits per heavy atom. The van der Waals surface area contributed by atoms with Gasteiger partial charge in [-0.1, -0.05) is 0 Å². The van der Waals surface area contributed by atoms with Crippen LogP contribution >= 0.6 is 0 Å². The molecular formula is C14H18N2O4. The van der Waals surface area contributed by atoms with Crippen molar-refractivity contribution in [2.24, 2.45) is 5.92 Å². The van der Waals surface area contributed by atoms with Crippen LogP contribution in [0.2, 0.25) is 0 Å². The van der Waals surface area contributed by atoms with Crippen molar-refractivity contribution in [3.63, 3.8) is 0 Å². The third-order valence-electron chi connectivity index (χ3n) is 3.68. The fourth-order valence-electron chi connectivity index (χ4n) is 2.44. The van der Waals surface area contributed by atoms with Gasteiger partial charge in [0.1, 0.15) is 0 Å². The molecule has 0 saturated carbocycles. The Kier molecular flexibility index (Phi) is 3.64. The number of hydrogen-bond donors (Lipinski definition) is 2. The Bertz CT molecular complexity index is 512. The van der Waals surface area contributed by atoms with Gasteiger partial charge in [-0.3, -0.25) is 4.79 Å². The van der Waals surface area contributed by atoms with Crippen LogP contribution in [0, 0.1) is 5.92 Å². The van der Waals surface area contributed by atoms with Gasteiger partial charge in [-0.25, -0.2) is 0 Å². The van der Waals surface area contributed by atoms with Gasteiger partial charge in [-0.2, -0.15) is 0 Å². The molecule has 20 heavy (non-hydrogen) atoms. The Labute approximate surface area is 117 Å². The number of ether oxygens (including phenoxy) is 3. The summed E-state index contributed by atoms with van der Waals surface area (Å²) in [6.45, 7) is 2.36. The zero-order valence-corrected chi connectivity index (χ0v) is 11.2. The summed E-state index contributed by atoms with van der Waals surface area (Å²) in [6, 6.07) is 3.27. The van der Waals surface area contributed by atoms with E-state index in [-0.39, 0.29) is 12.7 Å². The van der Waals surface area contributed by atoms with Gasteiger partial charge in [0.15, 0.2) is 11.5 Å². The molecule has 0 aliphatic carbocycles. The summed E-state index contributed by atoms with van der Waals surface area (Å²) in [4.78, 5) is 12.2. The molecule has 1 aromatic carbocycles. The number of benzene rings is 1. The molecule has 108 valence electrons. The predicted molar refractivity (Wildman–Crippen MR) is 72.9 cm³/mol. The van der Waals surface area contributed by atoms with Gasteiger partial charge in [0.05, 0.1) is 5.56 Å². The number of hydrogen-bond acceptors (Lipinski definition) is 5. The van der Waals surface area contributed by atoms with E-state index in [1.54, 1.807) is 12.1 Å². The van der Waals surface area contributed by atoms with E-state index in [1.807, 2.05) is 0 Å². The number of carbonyl (C=O) groups is 1. The molecule has 0 spiro atoms. The largest absolute Gasteiger partial charge is 0.454 e. The second kappa shape index (κ2) is 5.58. The van der Waals surface area contributed by atoms with Crippen LogP contribution in [0.15, 0.2) is 12.1 Å². The Balaban J connectivity index is 1.64. The molecule has 0 radical (unpaired) electrons. The minimum absolute atomic E-state index is 0.169. The normalized spacial score (nSPS) is 18.0. The monoisotopic (exact) mass is 278 g/mol. The molecule has 6 nitrogen and oxygen atoms in total. The molecule has 0 aromatic heterocycles. The van der Waals surface area contributed by atoms with E-state index in [1.165, 1.54) is 0 Å². The number of rotatable bonds is 3. The van der Waals surface area contributed by atoms with Crippen molar-refractivity contribution in [3.05, 3.63) is 17.7 Å². The lowest BCUT2D eigenvalue weighted by atomic mass is 10.0. The van der Waals surface area contributed by atoms with Crippen molar-refractivity contribution in [3.8, 4) is 11.5 Å². The summed E-state index contributed by atoms with van der Waals surface area (Å²) in [5, 5.41) is 2.93. The molecule has 0 atom stereocenters. The summed E-state index contributed by atoms with van der Waals surface area (Å²) in [6.07, 6.45) is 1.97. The van der Waals surface area contributed by atoms with Crippen LogP contribution in [-0.4, -0.2) is 32.5 Å². The van der Waals surface area contributed by atoms with Crippen LogP contribution in [-0.2, 0) is 4.74 Å². The van der Waals surface area contributed by atoms with Crippen LogP contribution in [0.1, 0.15) is 23.2 Å². The molecular weight excluding hydrogens is 260 g/mol. The van der Waals surface area contributed by atoms with Gasteiger partial charge >= 0.3 is 0 Å². The van der Waals surface area contributed by atoms with Gasteiger partial charge in [0.2, 0.25) is 6.79 Å². The van der Waals surface area contributed by atoms with Crippen molar-refractivity contribution >= 4 is 11.6 Å². The SMILES string of the molecule is Nc1cc2c(cc1C(=O)NCC1CCOCC1)OCO2. The van der Waals surface area contributed by atoms with Gasteiger partial charge in [-0.15, -0.1) is 0 Å². The van der Waals surface area contributed by atoms with Crippen molar-refractivity contribution < 1.29 is 19.0 Å². The Hall–Kier alpha value is -1.95. The number of nitrogens with two attached hydrogens (primary N) is 1. The van der Waals surface area contributed by atoms with E-state index >= 15 is 0 Å². The first-order valence-corrected chi connectivity index (χ1v) is 6.79. The average Bonchev–Trinajstić information content (AvgIpc) is 2.92. The number of nitrogen functional groups attached to an aromatic ring is 1. The molecule has 6 heteroatoms. The van der Waals surface area contributed by atoms with Crippen molar-refractivity contribution in [2.75, 3.05) is 32.3 Å². The standard InChI is InChI=1S/C14H18N2O4/c15-11-6-13-12(19-8-20-13)5-10(11)14(17)16-7-9-1-3-18-4-2-9/h5-6,9H,1-4,7-8,15H2,(H,16,17). The number of fused-ring (bicyclic) bond motifs is 1. The summed E-state index contributed by atoms with van der Waals surface area (Å²) < 4.78 is 15.8. The first-order chi connectivity index (χ1) is 9.74. The highest BCUT2D eigenvalue weighted by Crippen LogP contribution is 2.35. The minimum Gasteiger partial charge on any atom is -0.454 e. The highest BCUT2D eigenvalue weighted by molar-refractivity contribution is 6.00. The molecule has 2 aliphatic rings. The fourth-order valence-corrected chi connectivity index (χ4v) is 2.44. The lowest BCUT2D eigenvalue weighted by Crippen LogP contribution is -2.32. The number of nitrogens with one attached hydrogen (secondary N) is 1. The third-order valence-corrected chi connectivity index (χ3v) is 3.68. The summed E-state index contributed by atoms with van der Waals surface area (Å²) >= 11 is 0. The van der Waals surface area contributed by atoms with Crippen molar-refractivity contribution in [1.29, 1.82) is 0 Å². The van der Waals surface area contributed by atoms with Gasteiger partial charge in [0.25, 0.3) is 5.91 Å². The zero-order valence-electron chi connectivity index (χ0n) is 11.2. The smallest absolute Gasteiger partial charge is 0.253 e. The van der Waals surface area contributed by atoms with E-state index in [9.17, 15) is 4.79 Å². The van der Waals surface area contributed by atoms with Crippen LogP contribution in [0.4, 0.5) is 5.69 Å².